The number of carbonyl (C=O) groups excluding carboxylic acids is 2. The van der Waals surface area contributed by atoms with E-state index in [2.05, 4.69) is 20.7 Å². The Kier molecular flexibility index (Phi) is 6.73. The van der Waals surface area contributed by atoms with Crippen molar-refractivity contribution in [3.63, 3.8) is 0 Å². The van der Waals surface area contributed by atoms with Crippen LogP contribution in [0.3, 0.4) is 0 Å². The molecule has 1 rings (SSSR count). The average Bonchev–Trinajstić information content (AvgIpc) is 2.45. The maximum absolute atomic E-state index is 11.9. The van der Waals surface area contributed by atoms with Crippen molar-refractivity contribution in [2.75, 3.05) is 13.7 Å². The standard InChI is InChI=1S/C13H17N5O3/c1-9(19)16-12(8-21-2)13(20)15-7-10-3-5-11(6-4-10)17-18-14/h3-6,12H,7-8H2,1-2H3,(H,15,20)(H,16,19)/t12-/m1/s1. The van der Waals surface area contributed by atoms with E-state index in [0.29, 0.717) is 12.2 Å². The number of methoxy groups -OCH3 is 1. The van der Waals surface area contributed by atoms with Crippen molar-refractivity contribution >= 4 is 17.5 Å². The van der Waals surface area contributed by atoms with Gasteiger partial charge in [-0.15, -0.1) is 0 Å². The van der Waals surface area contributed by atoms with Crippen LogP contribution in [0.1, 0.15) is 12.5 Å². The van der Waals surface area contributed by atoms with Crippen molar-refractivity contribution in [2.45, 2.75) is 19.5 Å². The lowest BCUT2D eigenvalue weighted by Gasteiger charge is -2.16. The van der Waals surface area contributed by atoms with Gasteiger partial charge < -0.3 is 15.4 Å². The summed E-state index contributed by atoms with van der Waals surface area (Å²) >= 11 is 0. The zero-order chi connectivity index (χ0) is 15.7. The molecular weight excluding hydrogens is 274 g/mol. The second-order valence-electron chi connectivity index (χ2n) is 4.28. The van der Waals surface area contributed by atoms with Crippen LogP contribution in [-0.2, 0) is 20.9 Å². The summed E-state index contributed by atoms with van der Waals surface area (Å²) in [5.74, 6) is -0.628. The van der Waals surface area contributed by atoms with E-state index < -0.39 is 6.04 Å². The second kappa shape index (κ2) is 8.57. The molecule has 0 saturated carbocycles. The highest BCUT2D eigenvalue weighted by molar-refractivity contribution is 5.86. The summed E-state index contributed by atoms with van der Waals surface area (Å²) in [5, 5.41) is 8.67. The minimum absolute atomic E-state index is 0.0984. The number of benzene rings is 1. The van der Waals surface area contributed by atoms with E-state index in [1.807, 2.05) is 0 Å². The highest BCUT2D eigenvalue weighted by Gasteiger charge is 2.18. The lowest BCUT2D eigenvalue weighted by Crippen LogP contribution is -2.48. The Bertz CT molecular complexity index is 537. The molecule has 8 heteroatoms. The Morgan fingerprint density at radius 2 is 2.05 bits per heavy atom. The van der Waals surface area contributed by atoms with Gasteiger partial charge in [-0.05, 0) is 11.1 Å². The van der Waals surface area contributed by atoms with Crippen LogP contribution in [0.2, 0.25) is 0 Å². The van der Waals surface area contributed by atoms with Crippen molar-refractivity contribution in [1.29, 1.82) is 0 Å². The largest absolute Gasteiger partial charge is 0.382 e. The molecule has 0 spiro atoms. The normalized spacial score (nSPS) is 11.1. The Morgan fingerprint density at radius 3 is 2.57 bits per heavy atom. The van der Waals surface area contributed by atoms with Gasteiger partial charge in [0.05, 0.1) is 6.61 Å². The Morgan fingerprint density at radius 1 is 1.38 bits per heavy atom. The lowest BCUT2D eigenvalue weighted by molar-refractivity contribution is -0.129. The number of nitrogens with zero attached hydrogens (tertiary/aromatic N) is 3. The highest BCUT2D eigenvalue weighted by Crippen LogP contribution is 2.12. The molecule has 1 aromatic rings. The molecule has 21 heavy (non-hydrogen) atoms. The molecule has 0 heterocycles. The fourth-order valence-electron chi connectivity index (χ4n) is 1.64. The number of carbonyl (C=O) groups is 2. The van der Waals surface area contributed by atoms with E-state index in [1.165, 1.54) is 14.0 Å². The van der Waals surface area contributed by atoms with Crippen LogP contribution in [0, 0.1) is 0 Å². The van der Waals surface area contributed by atoms with Gasteiger partial charge in [0.1, 0.15) is 6.04 Å². The molecule has 112 valence electrons. The van der Waals surface area contributed by atoms with Crippen LogP contribution in [0.5, 0.6) is 0 Å². The van der Waals surface area contributed by atoms with Gasteiger partial charge in [-0.1, -0.05) is 29.4 Å². The molecule has 0 aliphatic rings. The lowest BCUT2D eigenvalue weighted by atomic mass is 10.2. The van der Waals surface area contributed by atoms with Gasteiger partial charge in [0, 0.05) is 31.2 Å². The smallest absolute Gasteiger partial charge is 0.245 e. The SMILES string of the molecule is COC[C@@H](NC(C)=O)C(=O)NCc1ccc(N=[N+]=[N-])cc1. The Hall–Kier alpha value is -2.57. The fourth-order valence-corrected chi connectivity index (χ4v) is 1.64. The maximum Gasteiger partial charge on any atom is 0.245 e. The minimum atomic E-state index is -0.727. The number of azide groups is 1. The van der Waals surface area contributed by atoms with Crippen molar-refractivity contribution < 1.29 is 14.3 Å². The quantitative estimate of drug-likeness (QED) is 0.449. The van der Waals surface area contributed by atoms with Crippen molar-refractivity contribution in [3.8, 4) is 0 Å². The second-order valence-corrected chi connectivity index (χ2v) is 4.28. The predicted molar refractivity (Wildman–Crippen MR) is 76.6 cm³/mol. The summed E-state index contributed by atoms with van der Waals surface area (Å²) in [6, 6.07) is 6.07. The molecular formula is C13H17N5O3. The summed E-state index contributed by atoms with van der Waals surface area (Å²) in [4.78, 5) is 25.6. The summed E-state index contributed by atoms with van der Waals surface area (Å²) in [7, 11) is 1.45. The molecule has 2 N–H and O–H groups in total. The number of amides is 2. The Balaban J connectivity index is 2.57. The zero-order valence-electron chi connectivity index (χ0n) is 11.9. The van der Waals surface area contributed by atoms with Crippen LogP contribution in [-0.4, -0.2) is 31.6 Å². The third-order valence-electron chi connectivity index (χ3n) is 2.59. The number of ether oxygens (including phenoxy) is 1. The van der Waals surface area contributed by atoms with E-state index in [1.54, 1.807) is 24.3 Å². The first-order chi connectivity index (χ1) is 10.1. The van der Waals surface area contributed by atoms with Gasteiger partial charge in [0.15, 0.2) is 0 Å². The monoisotopic (exact) mass is 291 g/mol. The number of nitrogens with one attached hydrogen (secondary N) is 2. The predicted octanol–water partition coefficient (Wildman–Crippen LogP) is 1.40. The summed E-state index contributed by atoms with van der Waals surface area (Å²) in [5.41, 5.74) is 9.65. The first-order valence-corrected chi connectivity index (χ1v) is 6.24. The van der Waals surface area contributed by atoms with E-state index in [-0.39, 0.29) is 18.4 Å². The van der Waals surface area contributed by atoms with Crippen LogP contribution in [0.25, 0.3) is 10.4 Å². The topological polar surface area (TPSA) is 116 Å². The minimum Gasteiger partial charge on any atom is -0.382 e. The van der Waals surface area contributed by atoms with Crippen molar-refractivity contribution in [1.82, 2.24) is 10.6 Å². The molecule has 0 unspecified atom stereocenters. The third kappa shape index (κ3) is 5.94. The van der Waals surface area contributed by atoms with Gasteiger partial charge in [-0.2, -0.15) is 0 Å². The molecule has 1 aromatic carbocycles. The molecule has 0 radical (unpaired) electrons. The fraction of sp³-hybridized carbons (Fsp3) is 0.385. The molecule has 0 aromatic heterocycles. The van der Waals surface area contributed by atoms with E-state index in [0.717, 1.165) is 5.56 Å². The summed E-state index contributed by atoms with van der Waals surface area (Å²) in [6.45, 7) is 1.74. The van der Waals surface area contributed by atoms with Crippen LogP contribution in [0.4, 0.5) is 5.69 Å². The molecule has 0 aliphatic carbocycles. The van der Waals surface area contributed by atoms with E-state index >= 15 is 0 Å². The van der Waals surface area contributed by atoms with Gasteiger partial charge in [0.2, 0.25) is 11.8 Å². The molecule has 2 amide bonds. The summed E-state index contributed by atoms with van der Waals surface area (Å²) in [6.07, 6.45) is 0. The van der Waals surface area contributed by atoms with Crippen molar-refractivity contribution in [3.05, 3.63) is 40.3 Å². The van der Waals surface area contributed by atoms with Gasteiger partial charge >= 0.3 is 0 Å². The van der Waals surface area contributed by atoms with Gasteiger partial charge in [-0.3, -0.25) is 9.59 Å². The summed E-state index contributed by atoms with van der Waals surface area (Å²) < 4.78 is 4.90. The molecule has 0 saturated heterocycles. The number of hydrogen-bond donors (Lipinski definition) is 2. The number of hydrogen-bond acceptors (Lipinski definition) is 4. The Labute approximate surface area is 122 Å². The molecule has 1 atom stereocenters. The number of rotatable bonds is 7. The molecule has 0 fully saturated rings. The van der Waals surface area contributed by atoms with Crippen LogP contribution >= 0.6 is 0 Å². The van der Waals surface area contributed by atoms with E-state index in [4.69, 9.17) is 10.3 Å². The van der Waals surface area contributed by atoms with Crippen LogP contribution in [0.15, 0.2) is 29.4 Å². The van der Waals surface area contributed by atoms with E-state index in [9.17, 15) is 9.59 Å². The average molecular weight is 291 g/mol. The van der Waals surface area contributed by atoms with Gasteiger partial charge in [-0.25, -0.2) is 0 Å². The van der Waals surface area contributed by atoms with Crippen molar-refractivity contribution in [2.24, 2.45) is 5.11 Å². The third-order valence-corrected chi connectivity index (χ3v) is 2.59. The zero-order valence-corrected chi connectivity index (χ0v) is 11.9. The van der Waals surface area contributed by atoms with Crippen LogP contribution < -0.4 is 10.6 Å². The first kappa shape index (κ1) is 16.5. The van der Waals surface area contributed by atoms with Gasteiger partial charge in [0.25, 0.3) is 0 Å². The first-order valence-electron chi connectivity index (χ1n) is 6.24. The maximum atomic E-state index is 11.9. The molecule has 8 nitrogen and oxygen atoms in total. The molecule has 0 bridgehead atoms. The molecule has 0 aliphatic heterocycles. The highest BCUT2D eigenvalue weighted by atomic mass is 16.5.